The van der Waals surface area contributed by atoms with Gasteiger partial charge >= 0.3 is 14.4 Å². The molecular formula is C2H3F3O4P+. The molecule has 1 unspecified atom stereocenters. The van der Waals surface area contributed by atoms with Gasteiger partial charge in [-0.25, -0.2) is 0 Å². The van der Waals surface area contributed by atoms with Crippen molar-refractivity contribution in [2.75, 3.05) is 6.61 Å². The van der Waals surface area contributed by atoms with E-state index in [2.05, 4.69) is 9.56 Å². The molecule has 0 aromatic rings. The maximum absolute atomic E-state index is 11.1. The van der Waals surface area contributed by atoms with Crippen LogP contribution in [0, 0.1) is 0 Å². The van der Waals surface area contributed by atoms with Gasteiger partial charge in [-0.05, 0) is 0 Å². The molecule has 0 heterocycles. The van der Waals surface area contributed by atoms with Gasteiger partial charge in [0.05, 0.1) is 4.67 Å². The van der Waals surface area contributed by atoms with Crippen LogP contribution in [-0.2, 0) is 14.1 Å². The maximum Gasteiger partial charge on any atom is 0.725 e. The molecule has 0 amide bonds. The van der Waals surface area contributed by atoms with Gasteiger partial charge in [-0.2, -0.15) is 18.1 Å². The second-order valence-electron chi connectivity index (χ2n) is 1.19. The Hall–Kier alpha value is -0.230. The van der Waals surface area contributed by atoms with Crippen molar-refractivity contribution in [2.45, 2.75) is 6.18 Å². The fourth-order valence-electron chi connectivity index (χ4n) is 0.138. The molecule has 0 fully saturated rings. The lowest BCUT2D eigenvalue weighted by Crippen LogP contribution is -2.15. The summed E-state index contributed by atoms with van der Waals surface area (Å²) in [6, 6.07) is 0. The maximum atomic E-state index is 11.1. The van der Waals surface area contributed by atoms with Gasteiger partial charge in [-0.3, -0.25) is 0 Å². The summed E-state index contributed by atoms with van der Waals surface area (Å²) in [5.41, 5.74) is 0. The minimum absolute atomic E-state index is 1.70. The van der Waals surface area contributed by atoms with E-state index in [0.717, 1.165) is 0 Å². The van der Waals surface area contributed by atoms with Gasteiger partial charge in [0.25, 0.3) is 0 Å². The first-order valence-electron chi connectivity index (χ1n) is 1.94. The third kappa shape index (κ3) is 7.77. The van der Waals surface area contributed by atoms with Gasteiger partial charge in [-0.1, -0.05) is 0 Å². The molecule has 0 radical (unpaired) electrons. The van der Waals surface area contributed by atoms with Crippen molar-refractivity contribution in [3.63, 3.8) is 0 Å². The lowest BCUT2D eigenvalue weighted by molar-refractivity contribution is -0.283. The quantitative estimate of drug-likeness (QED) is 0.401. The fourth-order valence-corrected chi connectivity index (χ4v) is 0.281. The Bertz CT molecular complexity index is 122. The first kappa shape index (κ1) is 9.77. The van der Waals surface area contributed by atoms with E-state index in [0.29, 0.717) is 0 Å². The summed E-state index contributed by atoms with van der Waals surface area (Å²) in [4.78, 5) is 11.0. The van der Waals surface area contributed by atoms with Crippen molar-refractivity contribution in [3.8, 4) is 0 Å². The number of rotatable bonds is 3. The van der Waals surface area contributed by atoms with Crippen LogP contribution in [-0.4, -0.2) is 17.7 Å². The van der Waals surface area contributed by atoms with E-state index >= 15 is 0 Å². The van der Waals surface area contributed by atoms with Crippen LogP contribution in [0.3, 0.4) is 0 Å². The van der Waals surface area contributed by atoms with Crippen molar-refractivity contribution in [1.82, 2.24) is 0 Å². The molecule has 0 aromatic heterocycles. The fraction of sp³-hybridized carbons (Fsp3) is 1.00. The molecular weight excluding hydrogens is 176 g/mol. The van der Waals surface area contributed by atoms with E-state index in [1.165, 1.54) is 0 Å². The lowest BCUT2D eigenvalue weighted by Gasteiger charge is -1.99. The predicted molar refractivity (Wildman–Crippen MR) is 22.9 cm³/mol. The summed E-state index contributed by atoms with van der Waals surface area (Å²) in [5.74, 6) is 0. The summed E-state index contributed by atoms with van der Waals surface area (Å²) >= 11 is 0. The number of alkyl halides is 3. The Morgan fingerprint density at radius 2 is 2.00 bits per heavy atom. The van der Waals surface area contributed by atoms with Gasteiger partial charge in [-0.15, -0.1) is 4.89 Å². The molecule has 10 heavy (non-hydrogen) atoms. The second kappa shape index (κ2) is 3.82. The third-order valence-electron chi connectivity index (χ3n) is 0.339. The van der Waals surface area contributed by atoms with Gasteiger partial charge in [0, 0.05) is 4.57 Å². The van der Waals surface area contributed by atoms with Gasteiger partial charge in [0.15, 0.2) is 6.61 Å². The Balaban J connectivity index is 3.29. The summed E-state index contributed by atoms with van der Waals surface area (Å²) in [7, 11) is -3.13. The monoisotopic (exact) mass is 179 g/mol. The highest BCUT2D eigenvalue weighted by Gasteiger charge is 2.30. The van der Waals surface area contributed by atoms with Gasteiger partial charge in [0.1, 0.15) is 0 Å². The van der Waals surface area contributed by atoms with E-state index < -0.39 is 21.0 Å². The molecule has 0 aliphatic rings. The lowest BCUT2D eigenvalue weighted by atomic mass is 10.7. The molecule has 0 saturated carbocycles. The van der Waals surface area contributed by atoms with Crippen molar-refractivity contribution >= 4 is 8.25 Å². The smallest absolute Gasteiger partial charge is 0.178 e. The molecule has 1 N–H and O–H groups in total. The molecule has 0 bridgehead atoms. The third-order valence-corrected chi connectivity index (χ3v) is 0.572. The van der Waals surface area contributed by atoms with Crippen LogP contribution in [0.1, 0.15) is 0 Å². The molecule has 0 aliphatic heterocycles. The highest BCUT2D eigenvalue weighted by Crippen LogP contribution is 2.19. The highest BCUT2D eigenvalue weighted by atomic mass is 31.1. The van der Waals surface area contributed by atoms with Crippen LogP contribution in [0.4, 0.5) is 13.2 Å². The summed E-state index contributed by atoms with van der Waals surface area (Å²) in [5, 5.41) is 0. The van der Waals surface area contributed by atoms with E-state index in [-0.39, 0.29) is 0 Å². The number of hydrogen-bond donors (Lipinski definition) is 1. The van der Waals surface area contributed by atoms with Crippen LogP contribution >= 0.6 is 8.25 Å². The van der Waals surface area contributed by atoms with Gasteiger partial charge in [0.2, 0.25) is 0 Å². The normalized spacial score (nSPS) is 13.4. The van der Waals surface area contributed by atoms with E-state index in [1.54, 1.807) is 0 Å². The summed E-state index contributed by atoms with van der Waals surface area (Å²) < 4.78 is 46.2. The molecule has 0 aromatic carbocycles. The van der Waals surface area contributed by atoms with Crippen LogP contribution in [0.15, 0.2) is 0 Å². The first-order valence-corrected chi connectivity index (χ1v) is 3.07. The largest absolute Gasteiger partial charge is 0.725 e. The van der Waals surface area contributed by atoms with Crippen molar-refractivity contribution in [2.24, 2.45) is 0 Å². The van der Waals surface area contributed by atoms with E-state index in [4.69, 9.17) is 4.89 Å². The molecule has 4 nitrogen and oxygen atoms in total. The van der Waals surface area contributed by atoms with Crippen LogP contribution < -0.4 is 0 Å². The Morgan fingerprint density at radius 1 is 1.50 bits per heavy atom. The number of halogens is 3. The predicted octanol–water partition coefficient (Wildman–Crippen LogP) is 1.15. The SMILES string of the molecule is O=[P+](O)OOCC(F)(F)F. The van der Waals surface area contributed by atoms with E-state index in [9.17, 15) is 17.7 Å². The average molecular weight is 179 g/mol. The second-order valence-corrected chi connectivity index (χ2v) is 1.81. The average Bonchev–Trinajstić information content (AvgIpc) is 1.59. The van der Waals surface area contributed by atoms with Crippen LogP contribution in [0.2, 0.25) is 0 Å². The van der Waals surface area contributed by atoms with Crippen molar-refractivity contribution in [1.29, 1.82) is 0 Å². The highest BCUT2D eigenvalue weighted by molar-refractivity contribution is 7.31. The topological polar surface area (TPSA) is 55.8 Å². The zero-order valence-corrected chi connectivity index (χ0v) is 5.35. The minimum Gasteiger partial charge on any atom is -0.178 e. The van der Waals surface area contributed by atoms with Crippen molar-refractivity contribution in [3.05, 3.63) is 0 Å². The Morgan fingerprint density at radius 3 is 2.30 bits per heavy atom. The molecule has 8 heteroatoms. The zero-order valence-electron chi connectivity index (χ0n) is 4.46. The van der Waals surface area contributed by atoms with Crippen LogP contribution in [0.5, 0.6) is 0 Å². The molecule has 1 atom stereocenters. The van der Waals surface area contributed by atoms with Crippen molar-refractivity contribution < 1.29 is 32.2 Å². The summed E-state index contributed by atoms with van der Waals surface area (Å²) in [6.45, 7) is -1.70. The number of hydrogen-bond acceptors (Lipinski definition) is 3. The standard InChI is InChI=1S/C2H2F3O4P/c3-2(4,5)1-8-9-10(6)7/h1H2/p+1. The molecule has 60 valence electrons. The van der Waals surface area contributed by atoms with Crippen LogP contribution in [0.25, 0.3) is 0 Å². The molecule has 0 rings (SSSR count). The first-order chi connectivity index (χ1) is 4.42. The zero-order chi connectivity index (χ0) is 8.20. The molecule has 0 aliphatic carbocycles. The molecule has 0 saturated heterocycles. The molecule has 0 spiro atoms. The minimum atomic E-state index is -4.55. The Kier molecular flexibility index (Phi) is 3.73. The van der Waals surface area contributed by atoms with E-state index in [1.807, 2.05) is 0 Å². The Labute approximate surface area is 54.4 Å². The van der Waals surface area contributed by atoms with Gasteiger partial charge < -0.3 is 0 Å². The summed E-state index contributed by atoms with van der Waals surface area (Å²) in [6.07, 6.45) is -4.55.